The van der Waals surface area contributed by atoms with Crippen LogP contribution in [-0.2, 0) is 19.4 Å². The summed E-state index contributed by atoms with van der Waals surface area (Å²) in [6.07, 6.45) is 9.66. The quantitative estimate of drug-likeness (QED) is 0.559. The predicted octanol–water partition coefficient (Wildman–Crippen LogP) is 4.26. The Labute approximate surface area is 162 Å². The second-order valence-corrected chi connectivity index (χ2v) is 10.5. The average Bonchev–Trinajstić information content (AvgIpc) is 2.84. The average molecular weight is 395 g/mol. The van der Waals surface area contributed by atoms with Gasteiger partial charge in [0.05, 0.1) is 0 Å². The highest BCUT2D eigenvalue weighted by atomic mass is 32.3. The molecule has 0 bridgehead atoms. The third kappa shape index (κ3) is 2.95. The minimum absolute atomic E-state index is 0.0761. The molecule has 0 aromatic carbocycles. The van der Waals surface area contributed by atoms with Crippen LogP contribution in [-0.4, -0.2) is 24.9 Å². The van der Waals surface area contributed by atoms with Crippen LogP contribution in [0, 0.1) is 28.6 Å². The molecule has 27 heavy (non-hydrogen) atoms. The van der Waals surface area contributed by atoms with Crippen LogP contribution in [0.15, 0.2) is 23.3 Å². The van der Waals surface area contributed by atoms with E-state index >= 15 is 0 Å². The highest BCUT2D eigenvalue weighted by Crippen LogP contribution is 2.66. The minimum atomic E-state index is -4.47. The fourth-order valence-corrected chi connectivity index (χ4v) is 7.63. The molecule has 4 unspecified atom stereocenters. The molecule has 6 atom stereocenters. The zero-order valence-corrected chi connectivity index (χ0v) is 17.2. The Kier molecular flexibility index (Phi) is 4.48. The van der Waals surface area contributed by atoms with Crippen molar-refractivity contribution < 1.29 is 21.9 Å². The van der Waals surface area contributed by atoms with Gasteiger partial charge in [0.1, 0.15) is 6.10 Å². The van der Waals surface area contributed by atoms with Gasteiger partial charge < -0.3 is 0 Å². The van der Waals surface area contributed by atoms with Crippen molar-refractivity contribution in [1.29, 1.82) is 0 Å². The minimum Gasteiger partial charge on any atom is -0.295 e. The van der Waals surface area contributed by atoms with E-state index in [1.54, 1.807) is 0 Å². The molecule has 0 radical (unpaired) electrons. The van der Waals surface area contributed by atoms with Crippen molar-refractivity contribution in [3.63, 3.8) is 0 Å². The monoisotopic (exact) mass is 394 g/mol. The van der Waals surface area contributed by atoms with Gasteiger partial charge in [-0.15, -0.1) is 0 Å². The van der Waals surface area contributed by atoms with Crippen LogP contribution < -0.4 is 0 Å². The van der Waals surface area contributed by atoms with Gasteiger partial charge in [0.2, 0.25) is 0 Å². The zero-order valence-electron chi connectivity index (χ0n) is 16.4. The lowest BCUT2D eigenvalue weighted by molar-refractivity contribution is -0.117. The van der Waals surface area contributed by atoms with Crippen LogP contribution in [0.1, 0.15) is 65.7 Å². The number of hydrogen-bond acceptors (Lipinski definition) is 4. The maximum Gasteiger partial charge on any atom is 0.397 e. The lowest BCUT2D eigenvalue weighted by Gasteiger charge is -2.57. The molecule has 4 aliphatic carbocycles. The SMILES string of the molecule is CC=C1C(OS(=O)(=O)O)CC2C3CCC4=CC(=O)CC[C@]4(C)C3CC[C@]12C. The van der Waals surface area contributed by atoms with E-state index < -0.39 is 16.5 Å². The van der Waals surface area contributed by atoms with Crippen LogP contribution in [0.5, 0.6) is 0 Å². The Morgan fingerprint density at radius 3 is 2.56 bits per heavy atom. The first-order valence-electron chi connectivity index (χ1n) is 10.1. The summed E-state index contributed by atoms with van der Waals surface area (Å²) in [6.45, 7) is 6.52. The predicted molar refractivity (Wildman–Crippen MR) is 102 cm³/mol. The molecule has 1 N–H and O–H groups in total. The van der Waals surface area contributed by atoms with Gasteiger partial charge in [-0.2, -0.15) is 8.42 Å². The van der Waals surface area contributed by atoms with Crippen molar-refractivity contribution in [2.45, 2.75) is 71.8 Å². The van der Waals surface area contributed by atoms with Crippen molar-refractivity contribution in [3.8, 4) is 0 Å². The molecule has 150 valence electrons. The summed E-state index contributed by atoms with van der Waals surface area (Å²) in [5.74, 6) is 1.65. The summed E-state index contributed by atoms with van der Waals surface area (Å²) in [4.78, 5) is 11.9. The van der Waals surface area contributed by atoms with Crippen molar-refractivity contribution in [1.82, 2.24) is 0 Å². The first kappa shape index (κ1) is 19.3. The van der Waals surface area contributed by atoms with E-state index in [1.807, 2.05) is 19.1 Å². The second-order valence-electron chi connectivity index (χ2n) is 9.42. The molecule has 3 saturated carbocycles. The maximum atomic E-state index is 11.9. The summed E-state index contributed by atoms with van der Waals surface area (Å²) >= 11 is 0. The number of rotatable bonds is 2. The Morgan fingerprint density at radius 1 is 1.15 bits per heavy atom. The Balaban J connectivity index is 1.68. The fourth-order valence-electron chi connectivity index (χ4n) is 7.15. The van der Waals surface area contributed by atoms with Crippen LogP contribution in [0.4, 0.5) is 0 Å². The van der Waals surface area contributed by atoms with Crippen LogP contribution in [0.3, 0.4) is 0 Å². The van der Waals surface area contributed by atoms with E-state index in [-0.39, 0.29) is 16.6 Å². The van der Waals surface area contributed by atoms with E-state index in [0.717, 1.165) is 37.7 Å². The van der Waals surface area contributed by atoms with Crippen LogP contribution >= 0.6 is 0 Å². The Bertz CT molecular complexity index is 826. The third-order valence-electron chi connectivity index (χ3n) is 8.37. The molecule has 0 heterocycles. The largest absolute Gasteiger partial charge is 0.397 e. The van der Waals surface area contributed by atoms with Crippen LogP contribution in [0.25, 0.3) is 0 Å². The fraction of sp³-hybridized carbons (Fsp3) is 0.762. The second kappa shape index (κ2) is 6.26. The normalized spacial score (nSPS) is 45.9. The van der Waals surface area contributed by atoms with E-state index in [9.17, 15) is 17.8 Å². The van der Waals surface area contributed by atoms with Crippen molar-refractivity contribution in [3.05, 3.63) is 23.3 Å². The molecule has 0 aliphatic heterocycles. The van der Waals surface area contributed by atoms with Crippen LogP contribution in [0.2, 0.25) is 0 Å². The molecule has 4 rings (SSSR count). The summed E-state index contributed by atoms with van der Waals surface area (Å²) < 4.78 is 37.1. The maximum absolute atomic E-state index is 11.9. The van der Waals surface area contributed by atoms with Gasteiger partial charge >= 0.3 is 10.4 Å². The lowest BCUT2D eigenvalue weighted by atomic mass is 9.47. The molecule has 3 fully saturated rings. The molecule has 0 amide bonds. The summed E-state index contributed by atoms with van der Waals surface area (Å²) in [7, 11) is -4.47. The van der Waals surface area contributed by atoms with Crippen molar-refractivity contribution >= 4 is 16.2 Å². The molecule has 6 heteroatoms. The van der Waals surface area contributed by atoms with Gasteiger partial charge in [0, 0.05) is 6.42 Å². The Morgan fingerprint density at radius 2 is 1.89 bits per heavy atom. The van der Waals surface area contributed by atoms with Crippen molar-refractivity contribution in [2.24, 2.45) is 28.6 Å². The highest BCUT2D eigenvalue weighted by Gasteiger charge is 2.60. The summed E-state index contributed by atoms with van der Waals surface area (Å²) in [5.41, 5.74) is 2.37. The zero-order chi connectivity index (χ0) is 19.6. The summed E-state index contributed by atoms with van der Waals surface area (Å²) in [6, 6.07) is 0. The molecule has 4 aliphatic rings. The number of hydrogen-bond donors (Lipinski definition) is 1. The van der Waals surface area contributed by atoms with E-state index in [0.29, 0.717) is 30.6 Å². The molecule has 0 spiro atoms. The molecule has 0 aromatic rings. The number of carbonyl (C=O) groups is 1. The first-order valence-corrected chi connectivity index (χ1v) is 11.5. The van der Waals surface area contributed by atoms with E-state index in [4.69, 9.17) is 4.18 Å². The molecular weight excluding hydrogens is 364 g/mol. The molecule has 0 saturated heterocycles. The smallest absolute Gasteiger partial charge is 0.295 e. The topological polar surface area (TPSA) is 80.7 Å². The first-order chi connectivity index (χ1) is 12.6. The number of fused-ring (bicyclic) bond motifs is 5. The summed E-state index contributed by atoms with van der Waals surface area (Å²) in [5, 5.41) is 0. The number of carbonyl (C=O) groups excluding carboxylic acids is 1. The molecular formula is C21H30O5S. The number of allylic oxidation sites excluding steroid dienone is 2. The highest BCUT2D eigenvalue weighted by molar-refractivity contribution is 7.80. The van der Waals surface area contributed by atoms with Gasteiger partial charge in [-0.25, -0.2) is 4.18 Å². The van der Waals surface area contributed by atoms with Gasteiger partial charge in [-0.1, -0.05) is 25.5 Å². The lowest BCUT2D eigenvalue weighted by Crippen LogP contribution is -2.49. The number of ketones is 1. The standard InChI is InChI=1S/C21H30O5S/c1-4-16-19(26-27(23,24)25)12-18-15-6-5-13-11-14(22)7-9-20(13,2)17(15)8-10-21(16,18)3/h4,11,15,17-19H,5-10,12H2,1-3H3,(H,23,24,25)/t15?,17?,18?,19?,20-,21+/m0/s1. The van der Waals surface area contributed by atoms with Gasteiger partial charge in [0.25, 0.3) is 0 Å². The van der Waals surface area contributed by atoms with Gasteiger partial charge in [0.15, 0.2) is 5.78 Å². The van der Waals surface area contributed by atoms with Gasteiger partial charge in [-0.3, -0.25) is 9.35 Å². The van der Waals surface area contributed by atoms with E-state index in [1.165, 1.54) is 5.57 Å². The third-order valence-corrected chi connectivity index (χ3v) is 8.85. The molecule has 5 nitrogen and oxygen atoms in total. The van der Waals surface area contributed by atoms with E-state index in [2.05, 4.69) is 13.8 Å². The van der Waals surface area contributed by atoms with Gasteiger partial charge in [-0.05, 0) is 85.7 Å². The molecule has 0 aromatic heterocycles. The van der Waals surface area contributed by atoms with Crippen molar-refractivity contribution in [2.75, 3.05) is 0 Å². The Hall–Kier alpha value is -0.980.